The predicted octanol–water partition coefficient (Wildman–Crippen LogP) is 13.6. The number of nitrogens with zero attached hydrogens (tertiary/aromatic N) is 4. The van der Waals surface area contributed by atoms with Gasteiger partial charge < -0.3 is 9.30 Å². The highest BCUT2D eigenvalue weighted by molar-refractivity contribution is 6.26. The molecule has 0 amide bonds. The van der Waals surface area contributed by atoms with Crippen LogP contribution >= 0.6 is 0 Å². The normalized spacial score (nSPS) is 12.4. The second kappa shape index (κ2) is 11.4. The molecule has 0 radical (unpaired) electrons. The maximum absolute atomic E-state index is 6.73. The van der Waals surface area contributed by atoms with Crippen molar-refractivity contribution in [2.45, 2.75) is 0 Å². The van der Waals surface area contributed by atoms with Gasteiger partial charge in [-0.25, -0.2) is 4.98 Å². The van der Waals surface area contributed by atoms with Gasteiger partial charge in [-0.15, -0.1) is 0 Å². The largest absolute Gasteiger partial charge is 0.456 e. The molecule has 8 aromatic carbocycles. The third kappa shape index (κ3) is 4.28. The van der Waals surface area contributed by atoms with E-state index in [9.17, 15) is 0 Å². The molecular formula is C52H30N4O. The van der Waals surface area contributed by atoms with Crippen LogP contribution in [0.5, 0.6) is 11.5 Å². The van der Waals surface area contributed by atoms with Crippen LogP contribution in [0.4, 0.5) is 0 Å². The smallest absolute Gasteiger partial charge is 0.138 e. The lowest BCUT2D eigenvalue weighted by atomic mass is 9.92. The molecule has 5 heterocycles. The van der Waals surface area contributed by atoms with Crippen LogP contribution < -0.4 is 4.74 Å². The molecule has 0 aliphatic carbocycles. The van der Waals surface area contributed by atoms with Crippen LogP contribution in [0, 0.1) is 0 Å². The zero-order valence-electron chi connectivity index (χ0n) is 30.5. The third-order valence-corrected chi connectivity index (χ3v) is 11.9. The van der Waals surface area contributed by atoms with Crippen molar-refractivity contribution in [2.24, 2.45) is 0 Å². The minimum Gasteiger partial charge on any atom is -0.456 e. The summed E-state index contributed by atoms with van der Waals surface area (Å²) in [6.07, 6.45) is 1.85. The molecule has 12 aromatic rings. The van der Waals surface area contributed by atoms with Crippen LogP contribution in [0.25, 0.3) is 110 Å². The van der Waals surface area contributed by atoms with Crippen LogP contribution in [0.15, 0.2) is 182 Å². The average Bonchev–Trinajstić information content (AvgIpc) is 3.78. The molecule has 0 spiro atoms. The van der Waals surface area contributed by atoms with Crippen molar-refractivity contribution in [3.05, 3.63) is 182 Å². The van der Waals surface area contributed by atoms with Crippen molar-refractivity contribution in [3.8, 4) is 45.3 Å². The minimum atomic E-state index is 0.830. The first-order valence-corrected chi connectivity index (χ1v) is 19.3. The highest BCUT2D eigenvalue weighted by atomic mass is 16.5. The summed E-state index contributed by atoms with van der Waals surface area (Å²) in [6.45, 7) is 0. The Kier molecular flexibility index (Phi) is 6.10. The van der Waals surface area contributed by atoms with E-state index in [1.807, 2.05) is 18.3 Å². The van der Waals surface area contributed by atoms with Gasteiger partial charge in [0.05, 0.1) is 33.1 Å². The predicted molar refractivity (Wildman–Crippen MR) is 234 cm³/mol. The summed E-state index contributed by atoms with van der Waals surface area (Å²) in [5.74, 6) is 2.55. The number of aromatic nitrogens is 4. The van der Waals surface area contributed by atoms with E-state index in [-0.39, 0.29) is 0 Å². The van der Waals surface area contributed by atoms with Gasteiger partial charge in [0.2, 0.25) is 0 Å². The van der Waals surface area contributed by atoms with Gasteiger partial charge in [0, 0.05) is 61.2 Å². The lowest BCUT2D eigenvalue weighted by molar-refractivity contribution is 0.487. The fourth-order valence-corrected chi connectivity index (χ4v) is 9.42. The molecule has 5 heteroatoms. The molecule has 0 atom stereocenters. The van der Waals surface area contributed by atoms with E-state index in [4.69, 9.17) is 14.7 Å². The molecule has 5 nitrogen and oxygen atoms in total. The summed E-state index contributed by atoms with van der Waals surface area (Å²) in [5, 5.41) is 9.23. The van der Waals surface area contributed by atoms with Gasteiger partial charge in [-0.2, -0.15) is 0 Å². The Morgan fingerprint density at radius 1 is 0.404 bits per heavy atom. The number of para-hydroxylation sites is 3. The van der Waals surface area contributed by atoms with Gasteiger partial charge in [-0.05, 0) is 76.7 Å². The first-order valence-electron chi connectivity index (χ1n) is 19.3. The second-order valence-corrected chi connectivity index (χ2v) is 15.0. The molecule has 264 valence electrons. The average molecular weight is 727 g/mol. The topological polar surface area (TPSA) is 44.9 Å². The van der Waals surface area contributed by atoms with Crippen LogP contribution in [-0.4, -0.2) is 19.1 Å². The SMILES string of the molecule is c1ccc(-n2c3ccccc3c3ccc(-c4ccc5c6c7cccc8c7c(cc6n(-c6ccc7ccc9cccnc9c7n6)c5c4)Oc4ccccc4-8)cc32)cc1. The first kappa shape index (κ1) is 30.6. The van der Waals surface area contributed by atoms with E-state index in [0.29, 0.717) is 0 Å². The fourth-order valence-electron chi connectivity index (χ4n) is 9.42. The lowest BCUT2D eigenvalue weighted by Gasteiger charge is -2.22. The van der Waals surface area contributed by atoms with Crippen LogP contribution in [0.3, 0.4) is 0 Å². The highest BCUT2D eigenvalue weighted by Gasteiger charge is 2.25. The Labute approximate surface area is 326 Å². The van der Waals surface area contributed by atoms with Crippen molar-refractivity contribution >= 4 is 76.2 Å². The highest BCUT2D eigenvalue weighted by Crippen LogP contribution is 2.50. The van der Waals surface area contributed by atoms with Gasteiger partial charge in [0.15, 0.2) is 0 Å². The van der Waals surface area contributed by atoms with Gasteiger partial charge >= 0.3 is 0 Å². The van der Waals surface area contributed by atoms with Crippen LogP contribution in [-0.2, 0) is 0 Å². The Bertz CT molecular complexity index is 3670. The monoisotopic (exact) mass is 726 g/mol. The van der Waals surface area contributed by atoms with Crippen LogP contribution in [0.2, 0.25) is 0 Å². The Morgan fingerprint density at radius 3 is 2.00 bits per heavy atom. The Hall–Kier alpha value is -7.76. The summed E-state index contributed by atoms with van der Waals surface area (Å²) >= 11 is 0. The third-order valence-electron chi connectivity index (χ3n) is 11.9. The van der Waals surface area contributed by atoms with Crippen LogP contribution in [0.1, 0.15) is 0 Å². The maximum Gasteiger partial charge on any atom is 0.138 e. The van der Waals surface area contributed by atoms with Crippen molar-refractivity contribution < 1.29 is 4.74 Å². The Morgan fingerprint density at radius 2 is 1.11 bits per heavy atom. The number of ether oxygens (including phenoxy) is 1. The van der Waals surface area contributed by atoms with Gasteiger partial charge in [-0.1, -0.05) is 115 Å². The molecule has 13 rings (SSSR count). The fraction of sp³-hybridized carbons (Fsp3) is 0. The lowest BCUT2D eigenvalue weighted by Crippen LogP contribution is -2.00. The van der Waals surface area contributed by atoms with E-state index in [2.05, 4.69) is 173 Å². The number of hydrogen-bond acceptors (Lipinski definition) is 3. The van der Waals surface area contributed by atoms with Gasteiger partial charge in [0.1, 0.15) is 17.3 Å². The molecule has 0 unspecified atom stereocenters. The van der Waals surface area contributed by atoms with E-state index < -0.39 is 0 Å². The molecule has 1 aliphatic heterocycles. The Balaban J connectivity index is 1.12. The molecule has 0 saturated carbocycles. The zero-order chi connectivity index (χ0) is 37.2. The van der Waals surface area contributed by atoms with E-state index in [0.717, 1.165) is 88.7 Å². The summed E-state index contributed by atoms with van der Waals surface area (Å²) in [4.78, 5) is 10.2. The number of hydrogen-bond donors (Lipinski definition) is 0. The van der Waals surface area contributed by atoms with E-state index in [1.54, 1.807) is 0 Å². The molecule has 1 aliphatic rings. The quantitative estimate of drug-likeness (QED) is 0.170. The van der Waals surface area contributed by atoms with Crippen molar-refractivity contribution in [1.29, 1.82) is 0 Å². The molecule has 57 heavy (non-hydrogen) atoms. The van der Waals surface area contributed by atoms with Gasteiger partial charge in [0.25, 0.3) is 0 Å². The number of benzene rings is 8. The second-order valence-electron chi connectivity index (χ2n) is 15.0. The summed E-state index contributed by atoms with van der Waals surface area (Å²) in [7, 11) is 0. The summed E-state index contributed by atoms with van der Waals surface area (Å²) in [5.41, 5.74) is 12.0. The van der Waals surface area contributed by atoms with Crippen molar-refractivity contribution in [3.63, 3.8) is 0 Å². The maximum atomic E-state index is 6.73. The summed E-state index contributed by atoms with van der Waals surface area (Å²) < 4.78 is 11.4. The molecule has 0 N–H and O–H groups in total. The standard InChI is InChI=1S/C52H30N4O/c1-2-11-35(12-3-1)55-42-17-6-4-13-36(42)37-24-21-33(28-43(37)55)34-22-25-40-44(29-34)56(48-26-23-32-20-19-31-10-9-27-53-51(31)52(32)54-48)45-30-47-50-39(15-8-16-41(50)49(40)45)38-14-5-7-18-46(38)57-47/h1-30H. The molecule has 0 fully saturated rings. The molecular weight excluding hydrogens is 697 g/mol. The van der Waals surface area contributed by atoms with E-state index in [1.165, 1.54) is 32.8 Å². The zero-order valence-corrected chi connectivity index (χ0v) is 30.5. The summed E-state index contributed by atoms with van der Waals surface area (Å²) in [6, 6.07) is 62.9. The van der Waals surface area contributed by atoms with Gasteiger partial charge in [-0.3, -0.25) is 9.55 Å². The number of fused-ring (bicyclic) bond motifs is 12. The van der Waals surface area contributed by atoms with Crippen molar-refractivity contribution in [1.82, 2.24) is 19.1 Å². The molecule has 0 saturated heterocycles. The molecule has 0 bridgehead atoms. The number of pyridine rings is 2. The number of rotatable bonds is 3. The minimum absolute atomic E-state index is 0.830. The van der Waals surface area contributed by atoms with Crippen molar-refractivity contribution in [2.75, 3.05) is 0 Å². The first-order chi connectivity index (χ1) is 28.3. The molecule has 4 aromatic heterocycles. The van der Waals surface area contributed by atoms with E-state index >= 15 is 0 Å².